The van der Waals surface area contributed by atoms with Crippen molar-refractivity contribution in [2.24, 2.45) is 0 Å². The first-order valence-corrected chi connectivity index (χ1v) is 6.44. The zero-order chi connectivity index (χ0) is 14.5. The van der Waals surface area contributed by atoms with E-state index in [-0.39, 0.29) is 21.6 Å². The molecule has 1 heterocycles. The van der Waals surface area contributed by atoms with E-state index in [1.807, 2.05) is 12.1 Å². The molecule has 1 amide bonds. The molecule has 4 nitrogen and oxygen atoms in total. The van der Waals surface area contributed by atoms with Crippen molar-refractivity contribution in [1.29, 1.82) is 5.26 Å². The third kappa shape index (κ3) is 3.47. The molecule has 0 atom stereocenters. The van der Waals surface area contributed by atoms with Gasteiger partial charge in [0.15, 0.2) is 0 Å². The number of nitrogens with zero attached hydrogens (tertiary/aromatic N) is 2. The number of carbonyl (C=O) groups is 1. The largest absolute Gasteiger partial charge is 0.348 e. The van der Waals surface area contributed by atoms with Crippen LogP contribution in [0.2, 0.25) is 10.2 Å². The number of rotatable bonds is 3. The molecule has 1 aromatic heterocycles. The number of hydrogen-bond donors (Lipinski definition) is 1. The molecular weight excluding hydrogens is 297 g/mol. The fourth-order valence-corrected chi connectivity index (χ4v) is 1.96. The molecule has 1 N–H and O–H groups in total. The van der Waals surface area contributed by atoms with Crippen molar-refractivity contribution in [2.75, 3.05) is 0 Å². The molecule has 0 aliphatic rings. The minimum absolute atomic E-state index is 0.200. The Morgan fingerprint density at radius 3 is 2.90 bits per heavy atom. The van der Waals surface area contributed by atoms with Crippen molar-refractivity contribution in [1.82, 2.24) is 10.3 Å². The highest BCUT2D eigenvalue weighted by Crippen LogP contribution is 2.18. The average molecular weight is 306 g/mol. The van der Waals surface area contributed by atoms with Crippen LogP contribution in [0.25, 0.3) is 0 Å². The molecule has 2 rings (SSSR count). The number of aromatic nitrogens is 1. The predicted octanol–water partition coefficient (Wildman–Crippen LogP) is 3.19. The lowest BCUT2D eigenvalue weighted by Gasteiger charge is -2.07. The van der Waals surface area contributed by atoms with E-state index in [1.165, 1.54) is 12.3 Å². The van der Waals surface area contributed by atoms with Crippen molar-refractivity contribution in [3.8, 4) is 6.07 Å². The van der Waals surface area contributed by atoms with Crippen LogP contribution in [-0.2, 0) is 6.54 Å². The summed E-state index contributed by atoms with van der Waals surface area (Å²) in [5.41, 5.74) is 1.64. The number of benzene rings is 1. The van der Waals surface area contributed by atoms with Crippen molar-refractivity contribution >= 4 is 29.1 Å². The SMILES string of the molecule is N#Cc1cccc(CNC(=O)c2cc(Cl)ncc2Cl)c1. The second-order valence-corrected chi connectivity index (χ2v) is 4.78. The first kappa shape index (κ1) is 14.3. The topological polar surface area (TPSA) is 65.8 Å². The van der Waals surface area contributed by atoms with Crippen LogP contribution in [-0.4, -0.2) is 10.9 Å². The van der Waals surface area contributed by atoms with Gasteiger partial charge in [0.1, 0.15) is 5.15 Å². The summed E-state index contributed by atoms with van der Waals surface area (Å²) >= 11 is 11.6. The van der Waals surface area contributed by atoms with Crippen LogP contribution < -0.4 is 5.32 Å². The lowest BCUT2D eigenvalue weighted by Crippen LogP contribution is -2.23. The summed E-state index contributed by atoms with van der Waals surface area (Å²) in [5.74, 6) is -0.346. The van der Waals surface area contributed by atoms with Gasteiger partial charge in [-0.15, -0.1) is 0 Å². The van der Waals surface area contributed by atoms with Gasteiger partial charge in [0.2, 0.25) is 0 Å². The first-order chi connectivity index (χ1) is 9.60. The van der Waals surface area contributed by atoms with Crippen molar-refractivity contribution < 1.29 is 4.79 Å². The molecule has 0 bridgehead atoms. The quantitative estimate of drug-likeness (QED) is 0.886. The Hall–Kier alpha value is -2.09. The molecule has 1 aromatic carbocycles. The Labute approximate surface area is 126 Å². The second kappa shape index (κ2) is 6.38. The Kier molecular flexibility index (Phi) is 4.57. The molecule has 0 fully saturated rings. The summed E-state index contributed by atoms with van der Waals surface area (Å²) in [4.78, 5) is 15.8. The highest BCUT2D eigenvalue weighted by molar-refractivity contribution is 6.35. The number of pyridine rings is 1. The smallest absolute Gasteiger partial charge is 0.253 e. The minimum Gasteiger partial charge on any atom is -0.348 e. The maximum absolute atomic E-state index is 12.0. The lowest BCUT2D eigenvalue weighted by molar-refractivity contribution is 0.0951. The van der Waals surface area contributed by atoms with Gasteiger partial charge in [-0.05, 0) is 23.8 Å². The third-order valence-corrected chi connectivity index (χ3v) is 3.08. The summed E-state index contributed by atoms with van der Waals surface area (Å²) in [6.45, 7) is 0.296. The molecule has 0 aliphatic carbocycles. The molecule has 0 radical (unpaired) electrons. The van der Waals surface area contributed by atoms with Gasteiger partial charge in [0, 0.05) is 12.7 Å². The first-order valence-electron chi connectivity index (χ1n) is 5.68. The Morgan fingerprint density at radius 2 is 2.15 bits per heavy atom. The summed E-state index contributed by atoms with van der Waals surface area (Å²) < 4.78 is 0. The van der Waals surface area contributed by atoms with Gasteiger partial charge >= 0.3 is 0 Å². The highest BCUT2D eigenvalue weighted by atomic mass is 35.5. The molecular formula is C14H9Cl2N3O. The number of halogens is 2. The molecule has 100 valence electrons. The fourth-order valence-electron chi connectivity index (χ4n) is 1.62. The van der Waals surface area contributed by atoms with Crippen molar-refractivity contribution in [2.45, 2.75) is 6.54 Å². The number of nitriles is 1. The van der Waals surface area contributed by atoms with Crippen LogP contribution >= 0.6 is 23.2 Å². The van der Waals surface area contributed by atoms with Crippen molar-refractivity contribution in [3.63, 3.8) is 0 Å². The van der Waals surface area contributed by atoms with Crippen LogP contribution in [0.15, 0.2) is 36.5 Å². The van der Waals surface area contributed by atoms with Crippen LogP contribution in [0, 0.1) is 11.3 Å². The van der Waals surface area contributed by atoms with Crippen LogP contribution in [0.5, 0.6) is 0 Å². The average Bonchev–Trinajstić information content (AvgIpc) is 2.47. The van der Waals surface area contributed by atoms with Gasteiger partial charge in [-0.25, -0.2) is 4.98 Å². The van der Waals surface area contributed by atoms with Crippen LogP contribution in [0.4, 0.5) is 0 Å². The van der Waals surface area contributed by atoms with Gasteiger partial charge in [-0.1, -0.05) is 35.3 Å². The fraction of sp³-hybridized carbons (Fsp3) is 0.0714. The normalized spacial score (nSPS) is 9.85. The van der Waals surface area contributed by atoms with E-state index in [4.69, 9.17) is 28.5 Å². The number of nitrogens with one attached hydrogen (secondary N) is 1. The van der Waals surface area contributed by atoms with Crippen molar-refractivity contribution in [3.05, 3.63) is 63.4 Å². The molecule has 2 aromatic rings. The summed E-state index contributed by atoms with van der Waals surface area (Å²) in [5, 5.41) is 12.0. The van der Waals surface area contributed by atoms with Gasteiger partial charge < -0.3 is 5.32 Å². The van der Waals surface area contributed by atoms with Gasteiger partial charge in [0.25, 0.3) is 5.91 Å². The van der Waals surface area contributed by atoms with Gasteiger partial charge in [0.05, 0.1) is 22.2 Å². The lowest BCUT2D eigenvalue weighted by atomic mass is 10.1. The Bertz CT molecular complexity index is 695. The van der Waals surface area contributed by atoms with E-state index >= 15 is 0 Å². The van der Waals surface area contributed by atoms with Crippen LogP contribution in [0.1, 0.15) is 21.5 Å². The summed E-state index contributed by atoms with van der Waals surface area (Å²) in [7, 11) is 0. The molecule has 0 spiro atoms. The Morgan fingerprint density at radius 1 is 1.35 bits per heavy atom. The highest BCUT2D eigenvalue weighted by Gasteiger charge is 2.11. The standard InChI is InChI=1S/C14H9Cl2N3O/c15-12-8-18-13(16)5-11(12)14(20)19-7-10-3-1-2-9(4-10)6-17/h1-5,8H,7H2,(H,19,20). The van der Waals surface area contributed by atoms with Crippen LogP contribution in [0.3, 0.4) is 0 Å². The molecule has 0 saturated carbocycles. The predicted molar refractivity (Wildman–Crippen MR) is 76.6 cm³/mol. The maximum Gasteiger partial charge on any atom is 0.253 e. The summed E-state index contributed by atoms with van der Waals surface area (Å²) in [6.07, 6.45) is 1.33. The minimum atomic E-state index is -0.346. The maximum atomic E-state index is 12.0. The number of carbonyl (C=O) groups excluding carboxylic acids is 1. The number of hydrogen-bond acceptors (Lipinski definition) is 3. The van der Waals surface area contributed by atoms with E-state index < -0.39 is 0 Å². The van der Waals surface area contributed by atoms with Gasteiger partial charge in [-0.3, -0.25) is 4.79 Å². The molecule has 6 heteroatoms. The zero-order valence-corrected chi connectivity index (χ0v) is 11.7. The molecule has 0 saturated heterocycles. The van der Waals surface area contributed by atoms with E-state index in [2.05, 4.69) is 10.3 Å². The monoisotopic (exact) mass is 305 g/mol. The van der Waals surface area contributed by atoms with E-state index in [0.29, 0.717) is 12.1 Å². The van der Waals surface area contributed by atoms with Gasteiger partial charge in [-0.2, -0.15) is 5.26 Å². The molecule has 0 aliphatic heterocycles. The molecule has 20 heavy (non-hydrogen) atoms. The third-order valence-electron chi connectivity index (χ3n) is 2.58. The zero-order valence-electron chi connectivity index (χ0n) is 10.2. The van der Waals surface area contributed by atoms with E-state index in [1.54, 1.807) is 18.2 Å². The van der Waals surface area contributed by atoms with E-state index in [0.717, 1.165) is 5.56 Å². The Balaban J connectivity index is 2.09. The number of amides is 1. The van der Waals surface area contributed by atoms with E-state index in [9.17, 15) is 4.79 Å². The molecule has 0 unspecified atom stereocenters. The summed E-state index contributed by atoms with van der Waals surface area (Å²) in [6, 6.07) is 10.4. The second-order valence-electron chi connectivity index (χ2n) is 3.98.